The molecule has 26 heavy (non-hydrogen) atoms. The number of hydrogen-bond acceptors (Lipinski definition) is 6. The molecule has 1 amide bonds. The van der Waals surface area contributed by atoms with Crippen LogP contribution in [0, 0.1) is 0 Å². The molecule has 0 atom stereocenters. The molecule has 1 saturated heterocycles. The van der Waals surface area contributed by atoms with Crippen molar-refractivity contribution < 1.29 is 14.1 Å². The van der Waals surface area contributed by atoms with E-state index in [-0.39, 0.29) is 11.8 Å². The van der Waals surface area contributed by atoms with Crippen LogP contribution >= 0.6 is 0 Å². The molecule has 8 heteroatoms. The second-order valence-corrected chi connectivity index (χ2v) is 6.25. The molecule has 0 radical (unpaired) electrons. The number of rotatable bonds is 4. The number of carbonyl (C=O) groups excluding carboxylic acids is 1. The molecule has 0 saturated carbocycles. The van der Waals surface area contributed by atoms with Crippen LogP contribution in [0.25, 0.3) is 11.3 Å². The molecule has 1 aliphatic heterocycles. The van der Waals surface area contributed by atoms with Crippen LogP contribution in [0.5, 0.6) is 5.75 Å². The summed E-state index contributed by atoms with van der Waals surface area (Å²) >= 11 is 0. The highest BCUT2D eigenvalue weighted by atomic mass is 16.5. The van der Waals surface area contributed by atoms with Crippen molar-refractivity contribution in [1.82, 2.24) is 25.2 Å². The maximum atomic E-state index is 12.7. The van der Waals surface area contributed by atoms with Crippen LogP contribution in [0.2, 0.25) is 0 Å². The van der Waals surface area contributed by atoms with E-state index >= 15 is 0 Å². The third kappa shape index (κ3) is 3.17. The molecule has 0 aliphatic carbocycles. The van der Waals surface area contributed by atoms with Crippen LogP contribution in [-0.4, -0.2) is 51.3 Å². The van der Waals surface area contributed by atoms with Gasteiger partial charge in [-0.15, -0.1) is 0 Å². The molecule has 134 valence electrons. The number of piperidine rings is 1. The number of hydrogen-bond donors (Lipinski definition) is 1. The summed E-state index contributed by atoms with van der Waals surface area (Å²) in [4.78, 5) is 18.7. The van der Waals surface area contributed by atoms with E-state index in [4.69, 9.17) is 9.26 Å². The number of amides is 1. The monoisotopic (exact) mass is 353 g/mol. The van der Waals surface area contributed by atoms with E-state index < -0.39 is 0 Å². The van der Waals surface area contributed by atoms with E-state index in [0.29, 0.717) is 24.5 Å². The second-order valence-electron chi connectivity index (χ2n) is 6.25. The highest BCUT2D eigenvalue weighted by Crippen LogP contribution is 2.27. The van der Waals surface area contributed by atoms with Crippen molar-refractivity contribution in [2.75, 3.05) is 20.2 Å². The summed E-state index contributed by atoms with van der Waals surface area (Å²) in [5.74, 6) is 1.67. The van der Waals surface area contributed by atoms with Gasteiger partial charge in [0.2, 0.25) is 6.39 Å². The quantitative estimate of drug-likeness (QED) is 0.774. The van der Waals surface area contributed by atoms with Crippen LogP contribution in [0.1, 0.15) is 35.1 Å². The van der Waals surface area contributed by atoms with Gasteiger partial charge in [-0.1, -0.05) is 17.3 Å². The summed E-state index contributed by atoms with van der Waals surface area (Å²) in [5, 5.41) is 11.0. The Bertz CT molecular complexity index is 882. The molecule has 1 N–H and O–H groups in total. The van der Waals surface area contributed by atoms with Crippen molar-refractivity contribution in [2.45, 2.75) is 18.8 Å². The Kier molecular flexibility index (Phi) is 4.39. The summed E-state index contributed by atoms with van der Waals surface area (Å²) in [5.41, 5.74) is 2.10. The molecule has 3 heterocycles. The van der Waals surface area contributed by atoms with Crippen LogP contribution in [0.15, 0.2) is 41.2 Å². The van der Waals surface area contributed by atoms with Crippen LogP contribution in [-0.2, 0) is 0 Å². The lowest BCUT2D eigenvalue weighted by Crippen LogP contribution is -2.38. The van der Waals surface area contributed by atoms with Gasteiger partial charge < -0.3 is 14.2 Å². The fraction of sp³-hybridized carbons (Fsp3) is 0.333. The minimum Gasteiger partial charge on any atom is -0.497 e. The molecular weight excluding hydrogens is 334 g/mol. The third-order valence-electron chi connectivity index (χ3n) is 4.70. The summed E-state index contributed by atoms with van der Waals surface area (Å²) in [6.07, 6.45) is 2.99. The highest BCUT2D eigenvalue weighted by molar-refractivity contribution is 5.93. The van der Waals surface area contributed by atoms with E-state index in [0.717, 1.165) is 30.0 Å². The van der Waals surface area contributed by atoms with Gasteiger partial charge in [0, 0.05) is 24.6 Å². The Morgan fingerprint density at radius 2 is 2.15 bits per heavy atom. The van der Waals surface area contributed by atoms with Crippen molar-refractivity contribution in [2.24, 2.45) is 0 Å². The van der Waals surface area contributed by atoms with Crippen molar-refractivity contribution >= 4 is 5.91 Å². The number of ether oxygens (including phenoxy) is 1. The van der Waals surface area contributed by atoms with Crippen molar-refractivity contribution in [3.8, 4) is 17.0 Å². The van der Waals surface area contributed by atoms with Gasteiger partial charge in [0.05, 0.1) is 12.8 Å². The standard InChI is InChI=1S/C18H19N5O3/c1-25-14-4-2-3-13(9-14)15-10-16(21-20-15)18(24)23-7-5-12(6-8-23)17-19-11-26-22-17/h2-4,9-12H,5-8H2,1H3,(H,20,21). The summed E-state index contributed by atoms with van der Waals surface area (Å²) in [6.45, 7) is 1.32. The summed E-state index contributed by atoms with van der Waals surface area (Å²) in [6, 6.07) is 9.37. The van der Waals surface area contributed by atoms with Gasteiger partial charge in [0.25, 0.3) is 5.91 Å². The Hall–Kier alpha value is -3.16. The molecule has 4 rings (SSSR count). The summed E-state index contributed by atoms with van der Waals surface area (Å²) < 4.78 is 10.0. The van der Waals surface area contributed by atoms with Crippen LogP contribution in [0.4, 0.5) is 0 Å². The maximum Gasteiger partial charge on any atom is 0.271 e. The predicted octanol–water partition coefficient (Wildman–Crippen LogP) is 2.49. The van der Waals surface area contributed by atoms with E-state index in [9.17, 15) is 4.79 Å². The van der Waals surface area contributed by atoms with Crippen LogP contribution < -0.4 is 4.74 Å². The van der Waals surface area contributed by atoms with Gasteiger partial charge in [-0.05, 0) is 31.0 Å². The molecule has 0 unspecified atom stereocenters. The first kappa shape index (κ1) is 16.3. The number of nitrogens with one attached hydrogen (secondary N) is 1. The lowest BCUT2D eigenvalue weighted by Gasteiger charge is -2.30. The Labute approximate surface area is 150 Å². The smallest absolute Gasteiger partial charge is 0.271 e. The second kappa shape index (κ2) is 6.99. The third-order valence-corrected chi connectivity index (χ3v) is 4.70. The average molecular weight is 353 g/mol. The number of H-pyrrole nitrogens is 1. The first-order valence-corrected chi connectivity index (χ1v) is 8.50. The number of aromatic nitrogens is 4. The van der Waals surface area contributed by atoms with Gasteiger partial charge in [-0.25, -0.2) is 0 Å². The minimum atomic E-state index is -0.0433. The maximum absolute atomic E-state index is 12.7. The van der Waals surface area contributed by atoms with Crippen molar-refractivity contribution in [3.05, 3.63) is 48.2 Å². The molecule has 1 aliphatic rings. The SMILES string of the molecule is COc1cccc(-c2cc(C(=O)N3CCC(c4ncon4)CC3)[nH]n2)c1. The molecular formula is C18H19N5O3. The number of likely N-dealkylation sites (tertiary alicyclic amines) is 1. The Balaban J connectivity index is 1.44. The first-order valence-electron chi connectivity index (χ1n) is 8.50. The Morgan fingerprint density at radius 3 is 2.88 bits per heavy atom. The Morgan fingerprint density at radius 1 is 1.31 bits per heavy atom. The molecule has 8 nitrogen and oxygen atoms in total. The topological polar surface area (TPSA) is 97.1 Å². The van der Waals surface area contributed by atoms with E-state index in [1.807, 2.05) is 29.2 Å². The van der Waals surface area contributed by atoms with E-state index in [2.05, 4.69) is 20.3 Å². The molecule has 2 aromatic heterocycles. The van der Waals surface area contributed by atoms with Gasteiger partial charge in [-0.2, -0.15) is 10.1 Å². The molecule has 1 aromatic carbocycles. The molecule has 3 aromatic rings. The van der Waals surface area contributed by atoms with Crippen molar-refractivity contribution in [3.63, 3.8) is 0 Å². The van der Waals surface area contributed by atoms with Gasteiger partial charge in [0.1, 0.15) is 11.4 Å². The number of benzene rings is 1. The number of methoxy groups -OCH3 is 1. The number of nitrogens with zero attached hydrogens (tertiary/aromatic N) is 4. The van der Waals surface area contributed by atoms with E-state index in [1.54, 1.807) is 13.2 Å². The van der Waals surface area contributed by atoms with E-state index in [1.165, 1.54) is 6.39 Å². The zero-order chi connectivity index (χ0) is 17.9. The molecule has 0 bridgehead atoms. The van der Waals surface area contributed by atoms with Gasteiger partial charge >= 0.3 is 0 Å². The van der Waals surface area contributed by atoms with Crippen molar-refractivity contribution in [1.29, 1.82) is 0 Å². The molecule has 1 fully saturated rings. The zero-order valence-electron chi connectivity index (χ0n) is 14.4. The zero-order valence-corrected chi connectivity index (χ0v) is 14.4. The van der Waals surface area contributed by atoms with Crippen LogP contribution in [0.3, 0.4) is 0 Å². The lowest BCUT2D eigenvalue weighted by molar-refractivity contribution is 0.0704. The summed E-state index contributed by atoms with van der Waals surface area (Å²) in [7, 11) is 1.62. The first-order chi connectivity index (χ1) is 12.7. The average Bonchev–Trinajstić information content (AvgIpc) is 3.40. The van der Waals surface area contributed by atoms with Gasteiger partial charge in [-0.3, -0.25) is 9.89 Å². The number of carbonyl (C=O) groups is 1. The fourth-order valence-electron chi connectivity index (χ4n) is 3.23. The minimum absolute atomic E-state index is 0.0433. The normalized spacial score (nSPS) is 15.2. The van der Waals surface area contributed by atoms with Gasteiger partial charge in [0.15, 0.2) is 5.82 Å². The predicted molar refractivity (Wildman–Crippen MR) is 92.8 cm³/mol. The largest absolute Gasteiger partial charge is 0.497 e. The fourth-order valence-corrected chi connectivity index (χ4v) is 3.23. The lowest BCUT2D eigenvalue weighted by atomic mass is 9.96. The molecule has 0 spiro atoms. The highest BCUT2D eigenvalue weighted by Gasteiger charge is 2.27. The number of aromatic amines is 1.